The van der Waals surface area contributed by atoms with Gasteiger partial charge in [-0.15, -0.1) is 0 Å². The lowest BCUT2D eigenvalue weighted by Crippen LogP contribution is -1.98. The molecule has 0 fully saturated rings. The van der Waals surface area contributed by atoms with Gasteiger partial charge in [-0.25, -0.2) is 4.21 Å². The maximum Gasteiger partial charge on any atom is 0.159 e. The maximum atomic E-state index is 10.1. The van der Waals surface area contributed by atoms with Crippen molar-refractivity contribution in [2.45, 2.75) is 0 Å². The quantitative estimate of drug-likeness (QED) is 0.676. The Balaban J connectivity index is 0.000000164. The highest BCUT2D eigenvalue weighted by molar-refractivity contribution is 7.74. The molecule has 2 aliphatic carbocycles. The lowest BCUT2D eigenvalue weighted by atomic mass is 9.95. The fourth-order valence-electron chi connectivity index (χ4n) is 1.28. The van der Waals surface area contributed by atoms with Crippen molar-refractivity contribution in [3.63, 3.8) is 0 Å². The number of halogens is 2. The molecule has 0 aromatic heterocycles. The van der Waals surface area contributed by atoms with Crippen molar-refractivity contribution in [3.05, 3.63) is 52.5 Å². The van der Waals surface area contributed by atoms with E-state index in [1.165, 1.54) is 29.3 Å². The minimum absolute atomic E-state index is 0.0255. The first-order chi connectivity index (χ1) is 8.58. The highest BCUT2D eigenvalue weighted by atomic mass is 35.5. The Bertz CT molecular complexity index is 563. The standard InChI is InChI=1S/C6H4Cl2O3S.C6H4/c7-4-2-1-3-5(6(4)8)11-12(9)10;1-2-6-4-3-5(1)6/h1-3H,(H,9,10);1-4H/p-1. The molecule has 1 aromatic carbocycles. The topological polar surface area (TPSA) is 49.4 Å². The summed E-state index contributed by atoms with van der Waals surface area (Å²) in [6, 6.07) is 13.0. The van der Waals surface area contributed by atoms with Crippen molar-refractivity contribution >= 4 is 34.6 Å². The molecule has 6 heteroatoms. The van der Waals surface area contributed by atoms with Gasteiger partial charge in [0.15, 0.2) is 5.75 Å². The van der Waals surface area contributed by atoms with Crippen LogP contribution in [-0.2, 0) is 11.4 Å². The van der Waals surface area contributed by atoms with E-state index in [4.69, 9.17) is 23.2 Å². The number of benzene rings is 2. The molecule has 94 valence electrons. The van der Waals surface area contributed by atoms with Crippen molar-refractivity contribution in [1.82, 2.24) is 0 Å². The van der Waals surface area contributed by atoms with E-state index in [2.05, 4.69) is 28.4 Å². The summed E-state index contributed by atoms with van der Waals surface area (Å²) >= 11 is 8.56. The van der Waals surface area contributed by atoms with Gasteiger partial charge in [-0.2, -0.15) is 0 Å². The molecular weight excluding hydrogens is 295 g/mol. The van der Waals surface area contributed by atoms with Crippen LogP contribution >= 0.6 is 23.2 Å². The third kappa shape index (κ3) is 3.03. The minimum Gasteiger partial charge on any atom is -0.740 e. The van der Waals surface area contributed by atoms with Crippen molar-refractivity contribution in [1.29, 1.82) is 0 Å². The highest BCUT2D eigenvalue weighted by Gasteiger charge is 2.05. The van der Waals surface area contributed by atoms with E-state index in [1.54, 1.807) is 0 Å². The van der Waals surface area contributed by atoms with Gasteiger partial charge in [-0.3, -0.25) is 0 Å². The first-order valence-corrected chi connectivity index (χ1v) is 6.65. The zero-order chi connectivity index (χ0) is 13.1. The van der Waals surface area contributed by atoms with Crippen LogP contribution in [0.4, 0.5) is 0 Å². The van der Waals surface area contributed by atoms with E-state index < -0.39 is 11.4 Å². The Hall–Kier alpha value is -1.07. The fraction of sp³-hybridized carbons (Fsp3) is 0. The van der Waals surface area contributed by atoms with Gasteiger partial charge in [0.1, 0.15) is 16.4 Å². The zero-order valence-electron chi connectivity index (χ0n) is 8.93. The molecule has 0 bridgehead atoms. The third-order valence-electron chi connectivity index (χ3n) is 2.29. The summed E-state index contributed by atoms with van der Waals surface area (Å²) < 4.78 is 24.5. The minimum atomic E-state index is -2.63. The van der Waals surface area contributed by atoms with Crippen LogP contribution in [0, 0.1) is 0 Å². The summed E-state index contributed by atoms with van der Waals surface area (Å²) in [4.78, 5) is 0. The van der Waals surface area contributed by atoms with Gasteiger partial charge in [0.05, 0.1) is 5.02 Å². The monoisotopic (exact) mass is 301 g/mol. The highest BCUT2D eigenvalue weighted by Crippen LogP contribution is 2.31. The van der Waals surface area contributed by atoms with E-state index in [-0.39, 0.29) is 15.8 Å². The van der Waals surface area contributed by atoms with Gasteiger partial charge >= 0.3 is 0 Å². The normalized spacial score (nSPS) is 12.2. The molecule has 18 heavy (non-hydrogen) atoms. The van der Waals surface area contributed by atoms with Crippen LogP contribution in [0.2, 0.25) is 10.0 Å². The molecule has 3 nitrogen and oxygen atoms in total. The second-order valence-corrected chi connectivity index (χ2v) is 4.78. The van der Waals surface area contributed by atoms with Gasteiger partial charge in [-0.05, 0) is 23.3 Å². The molecule has 0 saturated carbocycles. The van der Waals surface area contributed by atoms with Crippen LogP contribution in [0.3, 0.4) is 0 Å². The van der Waals surface area contributed by atoms with Crippen molar-refractivity contribution in [2.75, 3.05) is 0 Å². The second kappa shape index (κ2) is 5.71. The molecule has 0 aliphatic heterocycles. The van der Waals surface area contributed by atoms with Crippen LogP contribution in [0.1, 0.15) is 0 Å². The van der Waals surface area contributed by atoms with Gasteiger partial charge in [0.25, 0.3) is 0 Å². The molecule has 1 unspecified atom stereocenters. The summed E-state index contributed by atoms with van der Waals surface area (Å²) in [6.45, 7) is 0. The van der Waals surface area contributed by atoms with Crippen LogP contribution < -0.4 is 4.18 Å². The van der Waals surface area contributed by atoms with Crippen molar-refractivity contribution in [3.8, 4) is 16.9 Å². The summed E-state index contributed by atoms with van der Waals surface area (Å²) in [6.07, 6.45) is 0. The molecular formula is C12H7Cl2O3S-. The maximum absolute atomic E-state index is 10.1. The summed E-state index contributed by atoms with van der Waals surface area (Å²) in [5.41, 5.74) is 2.85. The molecule has 1 aromatic rings. The van der Waals surface area contributed by atoms with Crippen LogP contribution in [0.5, 0.6) is 5.75 Å². The Morgan fingerprint density at radius 1 is 1.00 bits per heavy atom. The van der Waals surface area contributed by atoms with Gasteiger partial charge in [0, 0.05) is 0 Å². The SMILES string of the molecule is O=S([O-])Oc1cccc(Cl)c1Cl.c1cc2ccc1-2. The Labute approximate surface area is 117 Å². The van der Waals surface area contributed by atoms with Gasteiger partial charge < -0.3 is 8.74 Å². The van der Waals surface area contributed by atoms with Crippen LogP contribution in [0.25, 0.3) is 11.1 Å². The molecule has 0 spiro atoms. The summed E-state index contributed by atoms with van der Waals surface area (Å²) in [5, 5.41) is 0.336. The number of hydrogen-bond donors (Lipinski definition) is 0. The predicted molar refractivity (Wildman–Crippen MR) is 71.4 cm³/mol. The summed E-state index contributed by atoms with van der Waals surface area (Å²) in [7, 11) is 0. The Kier molecular flexibility index (Phi) is 4.24. The van der Waals surface area contributed by atoms with Crippen LogP contribution in [-0.4, -0.2) is 8.76 Å². The van der Waals surface area contributed by atoms with Crippen molar-refractivity contribution < 1.29 is 12.9 Å². The average Bonchev–Trinajstić information content (AvgIpc) is 2.30. The number of rotatable bonds is 2. The molecule has 0 heterocycles. The first kappa shape index (κ1) is 13.4. The fourth-order valence-corrected chi connectivity index (χ4v) is 1.95. The number of hydrogen-bond acceptors (Lipinski definition) is 3. The summed E-state index contributed by atoms with van der Waals surface area (Å²) in [5.74, 6) is 0.0255. The van der Waals surface area contributed by atoms with Crippen molar-refractivity contribution in [2.24, 2.45) is 0 Å². The molecule has 2 aliphatic rings. The van der Waals surface area contributed by atoms with Gasteiger partial charge in [0.2, 0.25) is 0 Å². The second-order valence-electron chi connectivity index (χ2n) is 3.42. The first-order valence-electron chi connectivity index (χ1n) is 4.90. The lowest BCUT2D eigenvalue weighted by molar-refractivity contribution is 0.440. The van der Waals surface area contributed by atoms with E-state index in [1.807, 2.05) is 0 Å². The molecule has 3 rings (SSSR count). The Morgan fingerprint density at radius 2 is 1.56 bits per heavy atom. The van der Waals surface area contributed by atoms with Gasteiger partial charge in [-0.1, -0.05) is 53.5 Å². The lowest BCUT2D eigenvalue weighted by Gasteiger charge is -2.10. The van der Waals surface area contributed by atoms with Crippen LogP contribution in [0.15, 0.2) is 42.5 Å². The molecule has 0 N–H and O–H groups in total. The zero-order valence-corrected chi connectivity index (χ0v) is 11.3. The smallest absolute Gasteiger partial charge is 0.159 e. The molecule has 0 saturated heterocycles. The Morgan fingerprint density at radius 3 is 1.94 bits per heavy atom. The third-order valence-corrected chi connectivity index (χ3v) is 3.41. The van der Waals surface area contributed by atoms with E-state index in [0.29, 0.717) is 0 Å². The largest absolute Gasteiger partial charge is 0.740 e. The molecule has 0 amide bonds. The van der Waals surface area contributed by atoms with E-state index in [9.17, 15) is 8.76 Å². The number of fused-ring (bicyclic) bond motifs is 1. The predicted octanol–water partition coefficient (Wildman–Crippen LogP) is 3.83. The average molecular weight is 302 g/mol. The van der Waals surface area contributed by atoms with E-state index >= 15 is 0 Å². The van der Waals surface area contributed by atoms with E-state index in [0.717, 1.165) is 0 Å². The molecule has 1 atom stereocenters. The molecule has 0 radical (unpaired) electrons.